The largest absolute Gasteiger partial charge is 0.380 e. The highest BCUT2D eigenvalue weighted by atomic mass is 127. The van der Waals surface area contributed by atoms with Gasteiger partial charge in [-0.15, -0.1) is 24.0 Å². The summed E-state index contributed by atoms with van der Waals surface area (Å²) in [6.07, 6.45) is 7.72. The molecule has 0 spiro atoms. The highest BCUT2D eigenvalue weighted by Gasteiger charge is 2.13. The molecule has 1 heterocycles. The standard InChI is InChI=1S/C24H33N3S.HI/c1-6-7-8-9-10-11-22(27(4)5)18-12-14-20-23(16-18)28-24-17-19(26(2)3)13-15-21(24)25-20;/h12-17H,6-11H2,1-5H3;1H. The van der Waals surface area contributed by atoms with Gasteiger partial charge in [-0.25, -0.2) is 4.99 Å². The Bertz CT molecular complexity index is 938. The van der Waals surface area contributed by atoms with E-state index >= 15 is 0 Å². The van der Waals surface area contributed by atoms with Gasteiger partial charge in [0, 0.05) is 49.4 Å². The molecule has 0 fully saturated rings. The molecule has 1 aliphatic rings. The number of nitrogens with zero attached hydrogens (tertiary/aromatic N) is 3. The Labute approximate surface area is 197 Å². The van der Waals surface area contributed by atoms with Gasteiger partial charge >= 0.3 is 0 Å². The van der Waals surface area contributed by atoms with Gasteiger partial charge in [-0.2, -0.15) is 0 Å². The maximum Gasteiger partial charge on any atom is 0.0778 e. The van der Waals surface area contributed by atoms with Crippen molar-refractivity contribution in [2.24, 2.45) is 4.99 Å². The highest BCUT2D eigenvalue weighted by Crippen LogP contribution is 2.38. The second kappa shape index (κ2) is 11.3. The zero-order chi connectivity index (χ0) is 20.1. The van der Waals surface area contributed by atoms with Gasteiger partial charge in [0.05, 0.1) is 11.0 Å². The Balaban J connectivity index is 0.00000300. The molecule has 0 atom stereocenters. The molecule has 2 aromatic rings. The summed E-state index contributed by atoms with van der Waals surface area (Å²) in [5, 5.41) is 2.41. The molecule has 5 heteroatoms. The average Bonchev–Trinajstić information content (AvgIpc) is 2.68. The Kier molecular flexibility index (Phi) is 9.34. The molecule has 0 bridgehead atoms. The number of unbranched alkanes of at least 4 members (excludes halogenated alkanes) is 4. The summed E-state index contributed by atoms with van der Waals surface area (Å²) in [5.74, 6) is 0. The topological polar surface area (TPSA) is 18.8 Å². The minimum Gasteiger partial charge on any atom is -0.380 e. The molecule has 2 aromatic carbocycles. The van der Waals surface area contributed by atoms with Gasteiger partial charge < -0.3 is 9.80 Å². The van der Waals surface area contributed by atoms with E-state index in [9.17, 15) is 0 Å². The lowest BCUT2D eigenvalue weighted by Gasteiger charge is -2.19. The minimum atomic E-state index is 0. The SMILES string of the molecule is CCCCCCCC(=c1ccc2c(c1)Sc1cc(N(C)C)ccc1N=2)N(C)C.I. The fourth-order valence-electron chi connectivity index (χ4n) is 3.59. The number of halogens is 1. The van der Waals surface area contributed by atoms with Gasteiger partial charge in [0.2, 0.25) is 0 Å². The molecule has 0 aromatic heterocycles. The zero-order valence-electron chi connectivity index (χ0n) is 18.4. The molecule has 0 unspecified atom stereocenters. The van der Waals surface area contributed by atoms with Crippen LogP contribution in [-0.2, 0) is 0 Å². The van der Waals surface area contributed by atoms with E-state index < -0.39 is 0 Å². The second-order valence-electron chi connectivity index (χ2n) is 7.95. The molecule has 3 rings (SSSR count). The average molecular weight is 524 g/mol. The molecule has 0 radical (unpaired) electrons. The van der Waals surface area contributed by atoms with E-state index in [2.05, 4.69) is 81.3 Å². The summed E-state index contributed by atoms with van der Waals surface area (Å²) in [7, 11) is 8.49. The smallest absolute Gasteiger partial charge is 0.0778 e. The van der Waals surface area contributed by atoms with Gasteiger partial charge in [0.25, 0.3) is 0 Å². The Morgan fingerprint density at radius 2 is 1.66 bits per heavy atom. The summed E-state index contributed by atoms with van der Waals surface area (Å²) >= 11 is 1.84. The van der Waals surface area contributed by atoms with Crippen LogP contribution in [0, 0.1) is 0 Å². The quantitative estimate of drug-likeness (QED) is 0.274. The van der Waals surface area contributed by atoms with Crippen LogP contribution in [0.3, 0.4) is 0 Å². The Hall–Kier alpha value is -1.21. The predicted molar refractivity (Wildman–Crippen MR) is 138 cm³/mol. The van der Waals surface area contributed by atoms with Crippen LogP contribution in [0.1, 0.15) is 45.4 Å². The number of rotatable bonds is 8. The first-order valence-corrected chi connectivity index (χ1v) is 11.2. The number of benzene rings is 2. The molecule has 0 amide bonds. The van der Waals surface area contributed by atoms with Gasteiger partial charge in [-0.05, 0) is 48.4 Å². The van der Waals surface area contributed by atoms with Crippen molar-refractivity contribution in [3.8, 4) is 0 Å². The second-order valence-corrected chi connectivity index (χ2v) is 9.03. The van der Waals surface area contributed by atoms with E-state index in [0.29, 0.717) is 0 Å². The van der Waals surface area contributed by atoms with Gasteiger partial charge in [-0.1, -0.05) is 50.4 Å². The van der Waals surface area contributed by atoms with E-state index in [1.54, 1.807) is 0 Å². The van der Waals surface area contributed by atoms with Crippen molar-refractivity contribution >= 4 is 52.8 Å². The summed E-state index contributed by atoms with van der Waals surface area (Å²) < 4.78 is 0. The zero-order valence-corrected chi connectivity index (χ0v) is 21.5. The number of hydrogen-bond donors (Lipinski definition) is 0. The fourth-order valence-corrected chi connectivity index (χ4v) is 4.63. The lowest BCUT2D eigenvalue weighted by Crippen LogP contribution is -2.22. The lowest BCUT2D eigenvalue weighted by molar-refractivity contribution is 0.542. The summed E-state index contributed by atoms with van der Waals surface area (Å²) in [6.45, 7) is 2.27. The van der Waals surface area contributed by atoms with Crippen LogP contribution in [0.4, 0.5) is 11.4 Å². The summed E-state index contributed by atoms with van der Waals surface area (Å²) in [6, 6.07) is 13.3. The van der Waals surface area contributed by atoms with Crippen LogP contribution in [0.15, 0.2) is 51.2 Å². The van der Waals surface area contributed by atoms with E-state index in [-0.39, 0.29) is 24.0 Å². The van der Waals surface area contributed by atoms with E-state index in [1.165, 1.54) is 58.5 Å². The maximum atomic E-state index is 4.89. The third kappa shape index (κ3) is 6.14. The highest BCUT2D eigenvalue weighted by molar-refractivity contribution is 14.0. The first-order valence-electron chi connectivity index (χ1n) is 10.4. The van der Waals surface area contributed by atoms with E-state index in [4.69, 9.17) is 4.99 Å². The van der Waals surface area contributed by atoms with Crippen molar-refractivity contribution in [1.29, 1.82) is 0 Å². The third-order valence-electron chi connectivity index (χ3n) is 5.27. The molecule has 158 valence electrons. The summed E-state index contributed by atoms with van der Waals surface area (Å²) in [5.41, 5.74) is 3.71. The van der Waals surface area contributed by atoms with Gasteiger partial charge in [0.1, 0.15) is 0 Å². The molecule has 29 heavy (non-hydrogen) atoms. The van der Waals surface area contributed by atoms with Crippen molar-refractivity contribution in [2.45, 2.75) is 55.2 Å². The molecule has 0 aliphatic carbocycles. The Morgan fingerprint density at radius 1 is 0.897 bits per heavy atom. The fraction of sp³-hybridized carbons (Fsp3) is 0.458. The molecule has 0 N–H and O–H groups in total. The third-order valence-corrected chi connectivity index (χ3v) is 6.36. The van der Waals surface area contributed by atoms with Crippen LogP contribution < -0.4 is 15.5 Å². The van der Waals surface area contributed by atoms with Crippen LogP contribution in [-0.4, -0.2) is 33.1 Å². The van der Waals surface area contributed by atoms with Crippen molar-refractivity contribution in [1.82, 2.24) is 4.90 Å². The van der Waals surface area contributed by atoms with Crippen molar-refractivity contribution in [2.75, 3.05) is 33.1 Å². The van der Waals surface area contributed by atoms with Crippen LogP contribution in [0.25, 0.3) is 5.70 Å². The molecule has 3 nitrogen and oxygen atoms in total. The van der Waals surface area contributed by atoms with Crippen LogP contribution in [0.5, 0.6) is 0 Å². The Morgan fingerprint density at radius 3 is 2.34 bits per heavy atom. The van der Waals surface area contributed by atoms with Gasteiger partial charge in [-0.3, -0.25) is 0 Å². The van der Waals surface area contributed by atoms with Crippen molar-refractivity contribution < 1.29 is 0 Å². The van der Waals surface area contributed by atoms with Crippen molar-refractivity contribution in [3.05, 3.63) is 47.0 Å². The molecule has 1 aliphatic heterocycles. The van der Waals surface area contributed by atoms with Gasteiger partial charge in [0.15, 0.2) is 0 Å². The number of fused-ring (bicyclic) bond motifs is 2. The normalized spacial score (nSPS) is 12.9. The molecular weight excluding hydrogens is 489 g/mol. The first kappa shape index (κ1) is 24.1. The van der Waals surface area contributed by atoms with Crippen LogP contribution >= 0.6 is 35.7 Å². The summed E-state index contributed by atoms with van der Waals surface area (Å²) in [4.78, 5) is 11.8. The monoisotopic (exact) mass is 523 g/mol. The molecule has 0 saturated carbocycles. The lowest BCUT2D eigenvalue weighted by atomic mass is 10.1. The first-order chi connectivity index (χ1) is 13.5. The molecular formula is C24H34IN3S. The van der Waals surface area contributed by atoms with E-state index in [1.807, 2.05) is 11.8 Å². The predicted octanol–water partition coefficient (Wildman–Crippen LogP) is 5.82. The van der Waals surface area contributed by atoms with Crippen molar-refractivity contribution in [3.63, 3.8) is 0 Å². The number of anilines is 1. The van der Waals surface area contributed by atoms with E-state index in [0.717, 1.165) is 17.5 Å². The number of hydrogen-bond acceptors (Lipinski definition) is 4. The molecule has 0 saturated heterocycles. The maximum absolute atomic E-state index is 4.89. The minimum absolute atomic E-state index is 0. The van der Waals surface area contributed by atoms with Crippen LogP contribution in [0.2, 0.25) is 0 Å².